The molecule has 0 saturated heterocycles. The molecule has 2 aromatic rings. The minimum absolute atomic E-state index is 0.00585. The third-order valence-electron chi connectivity index (χ3n) is 2.56. The second-order valence-electron chi connectivity index (χ2n) is 3.75. The highest BCUT2D eigenvalue weighted by Gasteiger charge is 2.15. The molecule has 0 aliphatic rings. The third-order valence-corrected chi connectivity index (χ3v) is 2.85. The molecule has 0 fully saturated rings. The first-order valence-corrected chi connectivity index (χ1v) is 5.70. The van der Waals surface area contributed by atoms with Gasteiger partial charge >= 0.3 is 5.97 Å². The number of benzene rings is 1. The van der Waals surface area contributed by atoms with Crippen LogP contribution in [-0.4, -0.2) is 18.1 Å². The second kappa shape index (κ2) is 5.24. The van der Waals surface area contributed by atoms with Crippen LogP contribution in [0.4, 0.5) is 10.1 Å². The predicted molar refractivity (Wildman–Crippen MR) is 70.4 cm³/mol. The number of hydrogen-bond acceptors (Lipinski definition) is 4. The van der Waals surface area contributed by atoms with Gasteiger partial charge < -0.3 is 10.5 Å². The first-order valence-electron chi connectivity index (χ1n) is 5.32. The standard InChI is InChI=1S/C13H10ClFN2O2/c1-19-13(18)12-10(16)5-7(6-17-12)8-3-2-4-9(14)11(8)15/h2-6H,16H2,1H3. The molecule has 2 rings (SSSR count). The van der Waals surface area contributed by atoms with Gasteiger partial charge in [-0.25, -0.2) is 14.2 Å². The zero-order valence-electron chi connectivity index (χ0n) is 9.98. The number of nitrogen functional groups attached to an aromatic ring is 1. The quantitative estimate of drug-likeness (QED) is 0.859. The van der Waals surface area contributed by atoms with Crippen molar-refractivity contribution < 1.29 is 13.9 Å². The van der Waals surface area contributed by atoms with E-state index in [2.05, 4.69) is 9.72 Å². The van der Waals surface area contributed by atoms with Gasteiger partial charge in [-0.05, 0) is 12.1 Å². The van der Waals surface area contributed by atoms with Gasteiger partial charge in [-0.3, -0.25) is 0 Å². The van der Waals surface area contributed by atoms with Crippen LogP contribution >= 0.6 is 11.6 Å². The molecule has 0 aliphatic carbocycles. The van der Waals surface area contributed by atoms with Crippen molar-refractivity contribution in [1.82, 2.24) is 4.98 Å². The summed E-state index contributed by atoms with van der Waals surface area (Å²) in [7, 11) is 1.23. The number of methoxy groups -OCH3 is 1. The SMILES string of the molecule is COC(=O)c1ncc(-c2cccc(Cl)c2F)cc1N. The summed E-state index contributed by atoms with van der Waals surface area (Å²) >= 11 is 5.71. The number of halogens is 2. The molecule has 0 unspecified atom stereocenters. The summed E-state index contributed by atoms with van der Waals surface area (Å²) < 4.78 is 18.4. The summed E-state index contributed by atoms with van der Waals surface area (Å²) in [6.45, 7) is 0. The van der Waals surface area contributed by atoms with Crippen LogP contribution in [0.15, 0.2) is 30.5 Å². The first-order chi connectivity index (χ1) is 9.04. The molecule has 0 bridgehead atoms. The number of ether oxygens (including phenoxy) is 1. The highest BCUT2D eigenvalue weighted by molar-refractivity contribution is 6.31. The van der Waals surface area contributed by atoms with Crippen molar-refractivity contribution in [2.45, 2.75) is 0 Å². The van der Waals surface area contributed by atoms with E-state index < -0.39 is 11.8 Å². The van der Waals surface area contributed by atoms with Gasteiger partial charge in [-0.1, -0.05) is 23.7 Å². The number of esters is 1. The van der Waals surface area contributed by atoms with Crippen molar-refractivity contribution >= 4 is 23.3 Å². The summed E-state index contributed by atoms with van der Waals surface area (Å²) in [5.41, 5.74) is 6.52. The third kappa shape index (κ3) is 2.51. The van der Waals surface area contributed by atoms with Gasteiger partial charge in [0.25, 0.3) is 0 Å². The molecule has 1 aromatic carbocycles. The normalized spacial score (nSPS) is 10.3. The van der Waals surface area contributed by atoms with Crippen molar-refractivity contribution in [3.8, 4) is 11.1 Å². The van der Waals surface area contributed by atoms with Gasteiger partial charge in [0, 0.05) is 17.3 Å². The van der Waals surface area contributed by atoms with E-state index in [9.17, 15) is 9.18 Å². The Kier molecular flexibility index (Phi) is 3.66. The molecule has 0 radical (unpaired) electrons. The zero-order valence-corrected chi connectivity index (χ0v) is 10.7. The highest BCUT2D eigenvalue weighted by Crippen LogP contribution is 2.28. The van der Waals surface area contributed by atoms with Crippen molar-refractivity contribution in [3.63, 3.8) is 0 Å². The first kappa shape index (κ1) is 13.3. The van der Waals surface area contributed by atoms with Crippen LogP contribution in [0.3, 0.4) is 0 Å². The number of anilines is 1. The van der Waals surface area contributed by atoms with Crippen LogP contribution in [0.5, 0.6) is 0 Å². The average Bonchev–Trinajstić information content (AvgIpc) is 2.41. The van der Waals surface area contributed by atoms with Crippen LogP contribution in [-0.2, 0) is 4.74 Å². The van der Waals surface area contributed by atoms with Crippen LogP contribution in [0.25, 0.3) is 11.1 Å². The number of pyridine rings is 1. The number of carbonyl (C=O) groups excluding carboxylic acids is 1. The highest BCUT2D eigenvalue weighted by atomic mass is 35.5. The van der Waals surface area contributed by atoms with E-state index in [0.717, 1.165) is 0 Å². The fraction of sp³-hybridized carbons (Fsp3) is 0.0769. The number of nitrogens with zero attached hydrogens (tertiary/aromatic N) is 1. The molecule has 6 heteroatoms. The predicted octanol–water partition coefficient (Wildman–Crippen LogP) is 2.91. The molecule has 0 aliphatic heterocycles. The zero-order chi connectivity index (χ0) is 14.0. The topological polar surface area (TPSA) is 65.2 Å². The van der Waals surface area contributed by atoms with Gasteiger partial charge in [-0.15, -0.1) is 0 Å². The van der Waals surface area contributed by atoms with Gasteiger partial charge in [0.15, 0.2) is 5.69 Å². The van der Waals surface area contributed by atoms with Crippen LogP contribution in [0.1, 0.15) is 10.5 Å². The summed E-state index contributed by atoms with van der Waals surface area (Å²) in [6, 6.07) is 6.06. The molecule has 1 aromatic heterocycles. The van der Waals surface area contributed by atoms with Gasteiger partial charge in [0.1, 0.15) is 5.82 Å². The molecule has 0 amide bonds. The smallest absolute Gasteiger partial charge is 0.358 e. The molecular formula is C13H10ClFN2O2. The van der Waals surface area contributed by atoms with E-state index in [0.29, 0.717) is 5.56 Å². The Balaban J connectivity index is 2.51. The molecular weight excluding hydrogens is 271 g/mol. The lowest BCUT2D eigenvalue weighted by Gasteiger charge is -2.07. The molecule has 98 valence electrons. The Bertz CT molecular complexity index is 647. The summed E-state index contributed by atoms with van der Waals surface area (Å²) in [6.07, 6.45) is 1.34. The Hall–Kier alpha value is -2.14. The van der Waals surface area contributed by atoms with Crippen molar-refractivity contribution in [1.29, 1.82) is 0 Å². The van der Waals surface area contributed by atoms with Crippen LogP contribution in [0, 0.1) is 5.82 Å². The van der Waals surface area contributed by atoms with Crippen molar-refractivity contribution in [2.75, 3.05) is 12.8 Å². The fourth-order valence-electron chi connectivity index (χ4n) is 1.62. The number of nitrogens with two attached hydrogens (primary N) is 1. The maximum absolute atomic E-state index is 13.9. The van der Waals surface area contributed by atoms with Crippen LogP contribution in [0.2, 0.25) is 5.02 Å². The van der Waals surface area contributed by atoms with E-state index in [1.54, 1.807) is 12.1 Å². The summed E-state index contributed by atoms with van der Waals surface area (Å²) in [4.78, 5) is 15.2. The molecule has 0 spiro atoms. The average molecular weight is 281 g/mol. The van der Waals surface area contributed by atoms with E-state index in [1.165, 1.54) is 25.4 Å². The number of aromatic nitrogens is 1. The van der Waals surface area contributed by atoms with Gasteiger partial charge in [-0.2, -0.15) is 0 Å². The molecule has 4 nitrogen and oxygen atoms in total. The summed E-state index contributed by atoms with van der Waals surface area (Å²) in [5, 5.41) is 0.00751. The Morgan fingerprint density at radius 1 is 1.47 bits per heavy atom. The Morgan fingerprint density at radius 3 is 2.84 bits per heavy atom. The molecule has 2 N–H and O–H groups in total. The molecule has 1 heterocycles. The van der Waals surface area contributed by atoms with Crippen molar-refractivity contribution in [3.05, 3.63) is 47.0 Å². The largest absolute Gasteiger partial charge is 0.464 e. The molecule has 0 saturated carbocycles. The lowest BCUT2D eigenvalue weighted by atomic mass is 10.1. The van der Waals surface area contributed by atoms with E-state index in [4.69, 9.17) is 17.3 Å². The maximum Gasteiger partial charge on any atom is 0.358 e. The lowest BCUT2D eigenvalue weighted by molar-refractivity contribution is 0.0595. The Morgan fingerprint density at radius 2 is 2.21 bits per heavy atom. The number of rotatable bonds is 2. The number of hydrogen-bond donors (Lipinski definition) is 1. The maximum atomic E-state index is 13.9. The van der Waals surface area contributed by atoms with E-state index >= 15 is 0 Å². The fourth-order valence-corrected chi connectivity index (χ4v) is 1.80. The molecule has 0 atom stereocenters. The number of carbonyl (C=O) groups is 1. The van der Waals surface area contributed by atoms with Gasteiger partial charge in [0.05, 0.1) is 17.8 Å². The molecule has 19 heavy (non-hydrogen) atoms. The minimum atomic E-state index is -0.643. The Labute approximate surface area is 114 Å². The van der Waals surface area contributed by atoms with Crippen molar-refractivity contribution in [2.24, 2.45) is 0 Å². The minimum Gasteiger partial charge on any atom is -0.464 e. The van der Waals surface area contributed by atoms with E-state index in [-0.39, 0.29) is 22.0 Å². The van der Waals surface area contributed by atoms with Gasteiger partial charge in [0.2, 0.25) is 0 Å². The second-order valence-corrected chi connectivity index (χ2v) is 4.16. The van der Waals surface area contributed by atoms with Crippen LogP contribution < -0.4 is 5.73 Å². The monoisotopic (exact) mass is 280 g/mol. The van der Waals surface area contributed by atoms with E-state index in [1.807, 2.05) is 0 Å². The lowest BCUT2D eigenvalue weighted by Crippen LogP contribution is -2.08. The summed E-state index contributed by atoms with van der Waals surface area (Å²) in [5.74, 6) is -1.20.